The van der Waals surface area contributed by atoms with Gasteiger partial charge in [0.15, 0.2) is 5.82 Å². The predicted octanol–water partition coefficient (Wildman–Crippen LogP) is 2.44. The van der Waals surface area contributed by atoms with Gasteiger partial charge in [0.05, 0.1) is 17.6 Å². The molecule has 0 aliphatic rings. The van der Waals surface area contributed by atoms with E-state index in [0.29, 0.717) is 5.69 Å². The molecule has 1 heterocycles. The number of pyridine rings is 1. The van der Waals surface area contributed by atoms with E-state index in [0.717, 1.165) is 0 Å². The summed E-state index contributed by atoms with van der Waals surface area (Å²) in [4.78, 5) is 9.88. The quantitative estimate of drug-likeness (QED) is 0.596. The zero-order valence-corrected chi connectivity index (χ0v) is 10.4. The van der Waals surface area contributed by atoms with Crippen molar-refractivity contribution in [1.82, 2.24) is 9.88 Å². The zero-order chi connectivity index (χ0) is 13.0. The van der Waals surface area contributed by atoms with Crippen LogP contribution in [0.15, 0.2) is 11.1 Å². The van der Waals surface area contributed by atoms with E-state index in [-0.39, 0.29) is 17.3 Å². The van der Waals surface area contributed by atoms with E-state index in [9.17, 15) is 4.39 Å². The smallest absolute Gasteiger partial charge is 0.171 e. The van der Waals surface area contributed by atoms with E-state index in [1.54, 1.807) is 4.90 Å². The third-order valence-corrected chi connectivity index (χ3v) is 2.06. The Morgan fingerprint density at radius 2 is 2.18 bits per heavy atom. The van der Waals surface area contributed by atoms with Crippen molar-refractivity contribution in [1.29, 1.82) is 5.26 Å². The zero-order valence-electron chi connectivity index (χ0n) is 10.4. The minimum absolute atomic E-state index is 0.0453. The highest BCUT2D eigenvalue weighted by Crippen LogP contribution is 2.23. The molecule has 0 radical (unpaired) electrons. The summed E-state index contributed by atoms with van der Waals surface area (Å²) in [6.45, 7) is 3.69. The number of aliphatic imine (C=N–C) groups is 1. The number of halogens is 1. The number of nitrogens with zero attached hydrogens (tertiary/aromatic N) is 4. The Morgan fingerprint density at radius 1 is 1.53 bits per heavy atom. The molecule has 0 saturated carbocycles. The summed E-state index contributed by atoms with van der Waals surface area (Å²) < 4.78 is 13.6. The van der Waals surface area contributed by atoms with Gasteiger partial charge in [-0.25, -0.2) is 14.4 Å². The summed E-state index contributed by atoms with van der Waals surface area (Å²) in [7, 11) is 3.62. The number of aromatic nitrogens is 1. The minimum atomic E-state index is -0.458. The lowest BCUT2D eigenvalue weighted by atomic mass is 10.1. The van der Waals surface area contributed by atoms with Gasteiger partial charge in [0.1, 0.15) is 11.9 Å². The molecule has 0 N–H and O–H groups in total. The van der Waals surface area contributed by atoms with Crippen molar-refractivity contribution < 1.29 is 4.39 Å². The lowest BCUT2D eigenvalue weighted by Gasteiger charge is -2.08. The van der Waals surface area contributed by atoms with Gasteiger partial charge in [-0.3, -0.25) is 0 Å². The van der Waals surface area contributed by atoms with Gasteiger partial charge in [-0.2, -0.15) is 5.26 Å². The van der Waals surface area contributed by atoms with Gasteiger partial charge in [0.25, 0.3) is 0 Å². The number of nitriles is 1. The maximum absolute atomic E-state index is 13.6. The van der Waals surface area contributed by atoms with Crippen LogP contribution in [0.3, 0.4) is 0 Å². The molecular formula is C12H15FN4. The van der Waals surface area contributed by atoms with E-state index in [4.69, 9.17) is 5.26 Å². The molecule has 5 heteroatoms. The van der Waals surface area contributed by atoms with Crippen molar-refractivity contribution in [2.75, 3.05) is 14.1 Å². The maximum Gasteiger partial charge on any atom is 0.171 e. The highest BCUT2D eigenvalue weighted by Gasteiger charge is 2.13. The molecule has 90 valence electrons. The van der Waals surface area contributed by atoms with Crippen molar-refractivity contribution in [2.24, 2.45) is 4.99 Å². The van der Waals surface area contributed by atoms with Gasteiger partial charge >= 0.3 is 0 Å². The molecule has 4 nitrogen and oxygen atoms in total. The van der Waals surface area contributed by atoms with Crippen molar-refractivity contribution in [3.05, 3.63) is 23.1 Å². The van der Waals surface area contributed by atoms with E-state index in [1.165, 1.54) is 12.4 Å². The molecule has 17 heavy (non-hydrogen) atoms. The first kappa shape index (κ1) is 13.1. The molecule has 0 bridgehead atoms. The van der Waals surface area contributed by atoms with Crippen LogP contribution < -0.4 is 0 Å². The third-order valence-electron chi connectivity index (χ3n) is 2.06. The highest BCUT2D eigenvalue weighted by molar-refractivity contribution is 5.62. The molecule has 0 aromatic carbocycles. The fraction of sp³-hybridized carbons (Fsp3) is 0.417. The molecule has 1 rings (SSSR count). The summed E-state index contributed by atoms with van der Waals surface area (Å²) in [5.74, 6) is -0.247. The maximum atomic E-state index is 13.6. The molecule has 0 aliphatic carbocycles. The second-order valence-electron chi connectivity index (χ2n) is 4.20. The average Bonchev–Trinajstić information content (AvgIpc) is 2.26. The monoisotopic (exact) mass is 234 g/mol. The first-order valence-electron chi connectivity index (χ1n) is 5.26. The molecule has 1 aromatic rings. The van der Waals surface area contributed by atoms with Gasteiger partial charge < -0.3 is 4.90 Å². The van der Waals surface area contributed by atoms with Crippen molar-refractivity contribution in [2.45, 2.75) is 19.8 Å². The van der Waals surface area contributed by atoms with E-state index in [2.05, 4.69) is 9.98 Å². The van der Waals surface area contributed by atoms with Crippen molar-refractivity contribution >= 4 is 12.2 Å². The summed E-state index contributed by atoms with van der Waals surface area (Å²) in [6, 6.07) is 3.08. The predicted molar refractivity (Wildman–Crippen MR) is 64.8 cm³/mol. The fourth-order valence-electron chi connectivity index (χ4n) is 1.25. The molecule has 0 aliphatic heterocycles. The molecular weight excluding hydrogens is 219 g/mol. The van der Waals surface area contributed by atoms with Crippen LogP contribution in [0.1, 0.15) is 31.0 Å². The van der Waals surface area contributed by atoms with Gasteiger partial charge in [-0.05, 0) is 12.0 Å². The standard InChI is InChI=1S/C12H15FN4/c1-8(2)11-10(13)5-9(6-14)12(16-11)15-7-17(3)4/h5,7-8H,1-4H3. The number of hydrogen-bond acceptors (Lipinski definition) is 3. The van der Waals surface area contributed by atoms with Crippen LogP contribution in [0.5, 0.6) is 0 Å². The van der Waals surface area contributed by atoms with Gasteiger partial charge in [-0.1, -0.05) is 13.8 Å². The van der Waals surface area contributed by atoms with Gasteiger partial charge in [-0.15, -0.1) is 0 Å². The highest BCUT2D eigenvalue weighted by atomic mass is 19.1. The third kappa shape index (κ3) is 3.25. The van der Waals surface area contributed by atoms with Crippen LogP contribution in [0.4, 0.5) is 10.2 Å². The van der Waals surface area contributed by atoms with Crippen LogP contribution in [0, 0.1) is 17.1 Å². The summed E-state index contributed by atoms with van der Waals surface area (Å²) in [5, 5.41) is 8.89. The topological polar surface area (TPSA) is 52.3 Å². The SMILES string of the molecule is CC(C)c1nc(N=CN(C)C)c(C#N)cc1F. The second kappa shape index (κ2) is 5.39. The Labute approximate surface area is 100 Å². The average molecular weight is 234 g/mol. The minimum Gasteiger partial charge on any atom is -0.369 e. The Balaban J connectivity index is 3.28. The van der Waals surface area contributed by atoms with E-state index in [1.807, 2.05) is 34.0 Å². The van der Waals surface area contributed by atoms with Crippen LogP contribution in [-0.4, -0.2) is 30.3 Å². The van der Waals surface area contributed by atoms with Crippen LogP contribution in [0.2, 0.25) is 0 Å². The van der Waals surface area contributed by atoms with Crippen LogP contribution in [0.25, 0.3) is 0 Å². The van der Waals surface area contributed by atoms with E-state index >= 15 is 0 Å². The van der Waals surface area contributed by atoms with Gasteiger partial charge in [0, 0.05) is 14.1 Å². The summed E-state index contributed by atoms with van der Waals surface area (Å²) in [5.41, 5.74) is 0.472. The van der Waals surface area contributed by atoms with Crippen LogP contribution >= 0.6 is 0 Å². The van der Waals surface area contributed by atoms with Crippen LogP contribution in [-0.2, 0) is 0 Å². The number of rotatable bonds is 3. The Morgan fingerprint density at radius 3 is 2.65 bits per heavy atom. The lowest BCUT2D eigenvalue weighted by molar-refractivity contribution is 0.584. The van der Waals surface area contributed by atoms with Crippen molar-refractivity contribution in [3.8, 4) is 6.07 Å². The Kier molecular flexibility index (Phi) is 4.16. The molecule has 0 spiro atoms. The molecule has 0 amide bonds. The lowest BCUT2D eigenvalue weighted by Crippen LogP contribution is -2.07. The van der Waals surface area contributed by atoms with Crippen molar-refractivity contribution in [3.63, 3.8) is 0 Å². The summed E-state index contributed by atoms with van der Waals surface area (Å²) in [6.07, 6.45) is 1.53. The fourth-order valence-corrected chi connectivity index (χ4v) is 1.25. The largest absolute Gasteiger partial charge is 0.369 e. The molecule has 0 atom stereocenters. The Bertz CT molecular complexity index is 472. The number of hydrogen-bond donors (Lipinski definition) is 0. The van der Waals surface area contributed by atoms with Gasteiger partial charge in [0.2, 0.25) is 0 Å². The molecule has 0 fully saturated rings. The first-order chi connectivity index (χ1) is 7.95. The molecule has 1 aromatic heterocycles. The molecule has 0 saturated heterocycles. The first-order valence-corrected chi connectivity index (χ1v) is 5.26. The molecule has 0 unspecified atom stereocenters. The van der Waals surface area contributed by atoms with E-state index < -0.39 is 5.82 Å². The normalized spacial score (nSPS) is 10.9. The summed E-state index contributed by atoms with van der Waals surface area (Å²) >= 11 is 0. The Hall–Kier alpha value is -1.96. The second-order valence-corrected chi connectivity index (χ2v) is 4.20.